The van der Waals surface area contributed by atoms with Crippen molar-refractivity contribution in [1.82, 2.24) is 29.5 Å². The molecule has 0 aromatic carbocycles. The van der Waals surface area contributed by atoms with Crippen LogP contribution in [-0.2, 0) is 16.0 Å². The van der Waals surface area contributed by atoms with Crippen molar-refractivity contribution in [3.05, 3.63) is 34.2 Å². The van der Waals surface area contributed by atoms with Crippen LogP contribution in [0.15, 0.2) is 17.8 Å². The van der Waals surface area contributed by atoms with Crippen molar-refractivity contribution in [2.75, 3.05) is 37.7 Å². The van der Waals surface area contributed by atoms with E-state index in [1.807, 2.05) is 37.1 Å². The van der Waals surface area contributed by atoms with Crippen molar-refractivity contribution >= 4 is 28.8 Å². The molecule has 3 aromatic heterocycles. The average Bonchev–Trinajstić information content (AvgIpc) is 3.37. The highest BCUT2D eigenvalue weighted by molar-refractivity contribution is 7.09. The van der Waals surface area contributed by atoms with Gasteiger partial charge in [0.15, 0.2) is 0 Å². The van der Waals surface area contributed by atoms with Gasteiger partial charge in [-0.25, -0.2) is 9.97 Å². The van der Waals surface area contributed by atoms with Gasteiger partial charge in [0.1, 0.15) is 23.3 Å². The van der Waals surface area contributed by atoms with Crippen LogP contribution >= 0.6 is 11.3 Å². The van der Waals surface area contributed by atoms with E-state index in [4.69, 9.17) is 4.74 Å². The summed E-state index contributed by atoms with van der Waals surface area (Å²) < 4.78 is 7.33. The first-order chi connectivity index (χ1) is 14.0. The standard InChI is InChI=1S/C19H25N7O2S/c1-4-28-14(3)18-23-15(11-29-18)10-17(27)25-7-5-24(6-8-25)16-9-13(2)22-19-20-12-21-26(16)19/h9,11-12,14H,4-8,10H2,1-3H3. The van der Waals surface area contributed by atoms with Gasteiger partial charge in [-0.2, -0.15) is 14.6 Å². The fraction of sp³-hybridized carbons (Fsp3) is 0.526. The molecule has 4 rings (SSSR count). The van der Waals surface area contributed by atoms with Crippen molar-refractivity contribution in [3.8, 4) is 0 Å². The van der Waals surface area contributed by atoms with Crippen LogP contribution in [0.2, 0.25) is 0 Å². The first-order valence-corrected chi connectivity index (χ1v) is 10.7. The number of hydrogen-bond donors (Lipinski definition) is 0. The summed E-state index contributed by atoms with van der Waals surface area (Å²) in [6.45, 7) is 9.38. The smallest absolute Gasteiger partial charge is 0.254 e. The van der Waals surface area contributed by atoms with Gasteiger partial charge in [0.2, 0.25) is 5.91 Å². The molecule has 1 saturated heterocycles. The molecule has 1 amide bonds. The third kappa shape index (κ3) is 4.23. The van der Waals surface area contributed by atoms with Gasteiger partial charge in [0.05, 0.1) is 12.1 Å². The molecular weight excluding hydrogens is 390 g/mol. The van der Waals surface area contributed by atoms with Gasteiger partial charge in [0, 0.05) is 49.9 Å². The lowest BCUT2D eigenvalue weighted by molar-refractivity contribution is -0.130. The maximum Gasteiger partial charge on any atom is 0.254 e. The molecule has 0 saturated carbocycles. The Balaban J connectivity index is 1.37. The number of amides is 1. The van der Waals surface area contributed by atoms with E-state index in [1.54, 1.807) is 15.9 Å². The van der Waals surface area contributed by atoms with Gasteiger partial charge in [0.25, 0.3) is 5.78 Å². The summed E-state index contributed by atoms with van der Waals surface area (Å²) in [7, 11) is 0. The molecule has 0 N–H and O–H groups in total. The highest BCUT2D eigenvalue weighted by atomic mass is 32.1. The summed E-state index contributed by atoms with van der Waals surface area (Å²) in [5.41, 5.74) is 1.72. The Bertz CT molecular complexity index is 994. The monoisotopic (exact) mass is 415 g/mol. The molecule has 0 spiro atoms. The number of piperazine rings is 1. The maximum absolute atomic E-state index is 12.7. The highest BCUT2D eigenvalue weighted by Gasteiger charge is 2.24. The molecule has 1 atom stereocenters. The number of aryl methyl sites for hydroxylation is 1. The zero-order chi connectivity index (χ0) is 20.4. The first kappa shape index (κ1) is 19.7. The molecule has 0 radical (unpaired) electrons. The molecule has 0 bridgehead atoms. The van der Waals surface area contributed by atoms with Gasteiger partial charge < -0.3 is 14.5 Å². The molecule has 9 nitrogen and oxygen atoms in total. The first-order valence-electron chi connectivity index (χ1n) is 9.81. The lowest BCUT2D eigenvalue weighted by atomic mass is 10.2. The van der Waals surface area contributed by atoms with Crippen LogP contribution in [0.1, 0.15) is 36.3 Å². The van der Waals surface area contributed by atoms with E-state index in [1.165, 1.54) is 6.33 Å². The van der Waals surface area contributed by atoms with Crippen LogP contribution in [0.3, 0.4) is 0 Å². The lowest BCUT2D eigenvalue weighted by Crippen LogP contribution is -2.49. The number of ether oxygens (including phenoxy) is 1. The Morgan fingerprint density at radius 3 is 2.83 bits per heavy atom. The van der Waals surface area contributed by atoms with E-state index >= 15 is 0 Å². The van der Waals surface area contributed by atoms with E-state index < -0.39 is 0 Å². The van der Waals surface area contributed by atoms with Crippen LogP contribution in [-0.4, -0.2) is 68.2 Å². The van der Waals surface area contributed by atoms with Crippen LogP contribution < -0.4 is 4.90 Å². The van der Waals surface area contributed by atoms with Crippen LogP contribution in [0.25, 0.3) is 5.78 Å². The maximum atomic E-state index is 12.7. The van der Waals surface area contributed by atoms with E-state index in [2.05, 4.69) is 25.0 Å². The number of carbonyl (C=O) groups is 1. The minimum atomic E-state index is -0.0326. The van der Waals surface area contributed by atoms with Crippen LogP contribution in [0, 0.1) is 6.92 Å². The SMILES string of the molecule is CCOC(C)c1nc(CC(=O)N2CCN(c3cc(C)nc4ncnn34)CC2)cs1. The predicted octanol–water partition coefficient (Wildman–Crippen LogP) is 1.88. The van der Waals surface area contributed by atoms with E-state index in [-0.39, 0.29) is 12.0 Å². The molecule has 1 aliphatic heterocycles. The number of rotatable bonds is 6. The molecule has 154 valence electrons. The number of anilines is 1. The summed E-state index contributed by atoms with van der Waals surface area (Å²) in [6.07, 6.45) is 1.81. The lowest BCUT2D eigenvalue weighted by Gasteiger charge is -2.36. The molecule has 1 aliphatic rings. The largest absolute Gasteiger partial charge is 0.372 e. The second-order valence-corrected chi connectivity index (χ2v) is 7.94. The fourth-order valence-electron chi connectivity index (χ4n) is 3.50. The van der Waals surface area contributed by atoms with E-state index in [0.717, 1.165) is 35.3 Å². The minimum Gasteiger partial charge on any atom is -0.372 e. The molecule has 29 heavy (non-hydrogen) atoms. The Labute approximate surface area is 173 Å². The Hall–Kier alpha value is -2.59. The number of fused-ring (bicyclic) bond motifs is 1. The molecular formula is C19H25N7O2S. The number of thiazole rings is 1. The summed E-state index contributed by atoms with van der Waals surface area (Å²) in [4.78, 5) is 30.0. The minimum absolute atomic E-state index is 0.0326. The van der Waals surface area contributed by atoms with Gasteiger partial charge in [-0.3, -0.25) is 4.79 Å². The van der Waals surface area contributed by atoms with Crippen LogP contribution in [0.4, 0.5) is 5.82 Å². The Morgan fingerprint density at radius 1 is 1.28 bits per heavy atom. The molecule has 0 aliphatic carbocycles. The Morgan fingerprint density at radius 2 is 2.07 bits per heavy atom. The third-order valence-electron chi connectivity index (χ3n) is 4.98. The van der Waals surface area contributed by atoms with Crippen molar-refractivity contribution < 1.29 is 9.53 Å². The summed E-state index contributed by atoms with van der Waals surface area (Å²) in [5.74, 6) is 1.67. The molecule has 4 heterocycles. The summed E-state index contributed by atoms with van der Waals surface area (Å²) in [5, 5.41) is 7.16. The van der Waals surface area contributed by atoms with Crippen molar-refractivity contribution in [1.29, 1.82) is 0 Å². The van der Waals surface area contributed by atoms with Crippen molar-refractivity contribution in [2.45, 2.75) is 33.3 Å². The molecule has 1 unspecified atom stereocenters. The summed E-state index contributed by atoms with van der Waals surface area (Å²) >= 11 is 1.55. The zero-order valence-corrected chi connectivity index (χ0v) is 17.7. The number of carbonyl (C=O) groups excluding carboxylic acids is 1. The molecule has 10 heteroatoms. The fourth-order valence-corrected chi connectivity index (χ4v) is 4.32. The van der Waals surface area contributed by atoms with Gasteiger partial charge >= 0.3 is 0 Å². The summed E-state index contributed by atoms with van der Waals surface area (Å²) in [6, 6.07) is 2.01. The van der Waals surface area contributed by atoms with Gasteiger partial charge in [-0.05, 0) is 20.8 Å². The highest BCUT2D eigenvalue weighted by Crippen LogP contribution is 2.22. The average molecular weight is 416 g/mol. The quantitative estimate of drug-likeness (QED) is 0.607. The Kier molecular flexibility index (Phi) is 5.72. The second kappa shape index (κ2) is 8.42. The molecule has 1 fully saturated rings. The number of hydrogen-bond acceptors (Lipinski definition) is 8. The van der Waals surface area contributed by atoms with Gasteiger partial charge in [-0.1, -0.05) is 0 Å². The second-order valence-electron chi connectivity index (χ2n) is 7.05. The van der Waals surface area contributed by atoms with Crippen molar-refractivity contribution in [2.24, 2.45) is 0 Å². The van der Waals surface area contributed by atoms with Crippen molar-refractivity contribution in [3.63, 3.8) is 0 Å². The zero-order valence-electron chi connectivity index (χ0n) is 16.9. The number of nitrogens with zero attached hydrogens (tertiary/aromatic N) is 7. The van der Waals surface area contributed by atoms with Crippen LogP contribution in [0.5, 0.6) is 0 Å². The number of aromatic nitrogens is 5. The third-order valence-corrected chi connectivity index (χ3v) is 6.04. The predicted molar refractivity (Wildman–Crippen MR) is 110 cm³/mol. The van der Waals surface area contributed by atoms with E-state index in [9.17, 15) is 4.79 Å². The normalized spacial score (nSPS) is 15.8. The van der Waals surface area contributed by atoms with Gasteiger partial charge in [-0.15, -0.1) is 11.3 Å². The topological polar surface area (TPSA) is 88.8 Å². The van der Waals surface area contributed by atoms with E-state index in [0.29, 0.717) is 31.9 Å². The molecule has 3 aromatic rings.